The van der Waals surface area contributed by atoms with Crippen molar-refractivity contribution in [1.29, 1.82) is 0 Å². The third-order valence-corrected chi connectivity index (χ3v) is 3.50. The van der Waals surface area contributed by atoms with Crippen LogP contribution in [-0.4, -0.2) is 44.1 Å². The van der Waals surface area contributed by atoms with E-state index >= 15 is 0 Å². The van der Waals surface area contributed by atoms with Crippen LogP contribution < -0.4 is 20.9 Å². The molecule has 110 valence electrons. The van der Waals surface area contributed by atoms with Gasteiger partial charge in [-0.25, -0.2) is 4.98 Å². The van der Waals surface area contributed by atoms with Crippen LogP contribution in [0.3, 0.4) is 0 Å². The number of nitrogens with one attached hydrogen (secondary N) is 1. The summed E-state index contributed by atoms with van der Waals surface area (Å²) in [6.07, 6.45) is 2.44. The molecule has 1 amide bonds. The highest BCUT2D eigenvalue weighted by molar-refractivity contribution is 5.73. The molecule has 1 fully saturated rings. The molecule has 0 aliphatic carbocycles. The highest BCUT2D eigenvalue weighted by atomic mass is 16.1. The topological polar surface area (TPSA) is 74.5 Å². The second-order valence-corrected chi connectivity index (χ2v) is 5.18. The summed E-state index contributed by atoms with van der Waals surface area (Å²) in [5.41, 5.74) is 6.68. The van der Waals surface area contributed by atoms with Crippen molar-refractivity contribution in [3.63, 3.8) is 0 Å². The lowest BCUT2D eigenvalue weighted by Crippen LogP contribution is -2.32. The summed E-state index contributed by atoms with van der Waals surface area (Å²) in [7, 11) is 1.94. The number of aromatic nitrogens is 1. The quantitative estimate of drug-likeness (QED) is 0.834. The highest BCUT2D eigenvalue weighted by Gasteiger charge is 2.16. The molecule has 1 aliphatic heterocycles. The zero-order valence-corrected chi connectivity index (χ0v) is 12.2. The van der Waals surface area contributed by atoms with Gasteiger partial charge in [0.2, 0.25) is 5.91 Å². The van der Waals surface area contributed by atoms with Gasteiger partial charge in [0.25, 0.3) is 0 Å². The molecule has 0 radical (unpaired) electrons. The molecule has 2 rings (SSSR count). The number of hydrogen-bond acceptors (Lipinski definition) is 5. The van der Waals surface area contributed by atoms with Crippen LogP contribution in [0.15, 0.2) is 12.1 Å². The predicted octanol–water partition coefficient (Wildman–Crippen LogP) is 0.836. The molecule has 3 N–H and O–H groups in total. The van der Waals surface area contributed by atoms with Crippen molar-refractivity contribution in [3.05, 3.63) is 12.1 Å². The standard InChI is InChI=1S/C14H23N5O/c1-11(20)16-7-10-18(2)14-12(15)5-6-13(17-14)19-8-3-4-9-19/h5-6H,3-4,7-10,15H2,1-2H3,(H,16,20). The van der Waals surface area contributed by atoms with E-state index in [1.165, 1.54) is 19.8 Å². The molecule has 0 unspecified atom stereocenters. The van der Waals surface area contributed by atoms with Gasteiger partial charge in [-0.2, -0.15) is 0 Å². The molecule has 1 aromatic rings. The zero-order chi connectivity index (χ0) is 14.5. The summed E-state index contributed by atoms with van der Waals surface area (Å²) in [5, 5.41) is 2.78. The van der Waals surface area contributed by atoms with E-state index < -0.39 is 0 Å². The van der Waals surface area contributed by atoms with Crippen molar-refractivity contribution in [1.82, 2.24) is 10.3 Å². The smallest absolute Gasteiger partial charge is 0.216 e. The fourth-order valence-electron chi connectivity index (χ4n) is 2.38. The van der Waals surface area contributed by atoms with Crippen molar-refractivity contribution >= 4 is 23.2 Å². The average molecular weight is 277 g/mol. The number of rotatable bonds is 5. The molecule has 6 heteroatoms. The maximum Gasteiger partial charge on any atom is 0.216 e. The molecule has 20 heavy (non-hydrogen) atoms. The fraction of sp³-hybridized carbons (Fsp3) is 0.571. The van der Waals surface area contributed by atoms with E-state index in [2.05, 4.69) is 15.2 Å². The molecule has 2 heterocycles. The van der Waals surface area contributed by atoms with Gasteiger partial charge < -0.3 is 20.9 Å². The normalized spacial score (nSPS) is 14.4. The SMILES string of the molecule is CC(=O)NCCN(C)c1nc(N2CCCC2)ccc1N. The van der Waals surface area contributed by atoms with Crippen molar-refractivity contribution in [2.75, 3.05) is 48.8 Å². The van der Waals surface area contributed by atoms with Crippen LogP contribution in [0.25, 0.3) is 0 Å². The largest absolute Gasteiger partial charge is 0.396 e. The molecule has 0 aromatic carbocycles. The number of anilines is 3. The number of nitrogen functional groups attached to an aromatic ring is 1. The van der Waals surface area contributed by atoms with Gasteiger partial charge in [0, 0.05) is 40.2 Å². The van der Waals surface area contributed by atoms with Crippen LogP contribution in [0.4, 0.5) is 17.3 Å². The predicted molar refractivity (Wildman–Crippen MR) is 82.1 cm³/mol. The van der Waals surface area contributed by atoms with Crippen LogP contribution in [0.2, 0.25) is 0 Å². The Morgan fingerprint density at radius 3 is 2.80 bits per heavy atom. The van der Waals surface area contributed by atoms with E-state index in [1.54, 1.807) is 0 Å². The van der Waals surface area contributed by atoms with Gasteiger partial charge in [0.05, 0.1) is 5.69 Å². The summed E-state index contributed by atoms with van der Waals surface area (Å²) in [6.45, 7) is 4.90. The van der Waals surface area contributed by atoms with Crippen LogP contribution in [0, 0.1) is 0 Å². The number of carbonyl (C=O) groups is 1. The molecule has 0 saturated carbocycles. The van der Waals surface area contributed by atoms with E-state index in [4.69, 9.17) is 5.73 Å². The van der Waals surface area contributed by atoms with Crippen LogP contribution in [0.5, 0.6) is 0 Å². The first kappa shape index (κ1) is 14.4. The highest BCUT2D eigenvalue weighted by Crippen LogP contribution is 2.25. The Labute approximate surface area is 120 Å². The summed E-state index contributed by atoms with van der Waals surface area (Å²) in [5.74, 6) is 1.74. The molecule has 0 atom stereocenters. The first-order valence-corrected chi connectivity index (χ1v) is 7.05. The molecule has 1 aliphatic rings. The monoisotopic (exact) mass is 277 g/mol. The van der Waals surface area contributed by atoms with Gasteiger partial charge >= 0.3 is 0 Å². The number of pyridine rings is 1. The lowest BCUT2D eigenvalue weighted by atomic mass is 10.3. The summed E-state index contributed by atoms with van der Waals surface area (Å²) in [4.78, 5) is 19.8. The van der Waals surface area contributed by atoms with E-state index in [9.17, 15) is 4.79 Å². The number of nitrogens with two attached hydrogens (primary N) is 1. The first-order chi connectivity index (χ1) is 9.58. The van der Waals surface area contributed by atoms with Crippen molar-refractivity contribution in [3.8, 4) is 0 Å². The van der Waals surface area contributed by atoms with Crippen LogP contribution in [0.1, 0.15) is 19.8 Å². The van der Waals surface area contributed by atoms with Gasteiger partial charge in [-0.15, -0.1) is 0 Å². The summed E-state index contributed by atoms with van der Waals surface area (Å²) in [6, 6.07) is 3.89. The Bertz CT molecular complexity index is 471. The molecule has 6 nitrogen and oxygen atoms in total. The van der Waals surface area contributed by atoms with Gasteiger partial charge in [0.15, 0.2) is 5.82 Å². The number of likely N-dealkylation sites (N-methyl/N-ethyl adjacent to an activating group) is 1. The minimum Gasteiger partial charge on any atom is -0.396 e. The number of nitrogens with zero attached hydrogens (tertiary/aromatic N) is 3. The Hall–Kier alpha value is -1.98. The maximum absolute atomic E-state index is 10.9. The fourth-order valence-corrected chi connectivity index (χ4v) is 2.38. The van der Waals surface area contributed by atoms with Gasteiger partial charge in [-0.1, -0.05) is 0 Å². The van der Waals surface area contributed by atoms with Crippen molar-refractivity contribution in [2.45, 2.75) is 19.8 Å². The molecule has 1 saturated heterocycles. The second-order valence-electron chi connectivity index (χ2n) is 5.18. The molecular formula is C14H23N5O. The molecule has 0 spiro atoms. The Morgan fingerprint density at radius 1 is 1.45 bits per heavy atom. The van der Waals surface area contributed by atoms with Crippen LogP contribution >= 0.6 is 0 Å². The van der Waals surface area contributed by atoms with Gasteiger partial charge in [-0.3, -0.25) is 4.79 Å². The van der Waals surface area contributed by atoms with E-state index in [0.717, 1.165) is 24.7 Å². The van der Waals surface area contributed by atoms with E-state index in [-0.39, 0.29) is 5.91 Å². The third kappa shape index (κ3) is 3.53. The number of carbonyl (C=O) groups excluding carboxylic acids is 1. The van der Waals surface area contributed by atoms with Crippen molar-refractivity contribution < 1.29 is 4.79 Å². The average Bonchev–Trinajstić information content (AvgIpc) is 2.92. The molecular weight excluding hydrogens is 254 g/mol. The molecule has 0 bridgehead atoms. The first-order valence-electron chi connectivity index (χ1n) is 7.05. The maximum atomic E-state index is 10.9. The third-order valence-electron chi connectivity index (χ3n) is 3.50. The Balaban J connectivity index is 2.05. The van der Waals surface area contributed by atoms with Crippen molar-refractivity contribution in [2.24, 2.45) is 0 Å². The van der Waals surface area contributed by atoms with Crippen LogP contribution in [-0.2, 0) is 4.79 Å². The summed E-state index contributed by atoms with van der Waals surface area (Å²) < 4.78 is 0. The number of amides is 1. The summed E-state index contributed by atoms with van der Waals surface area (Å²) >= 11 is 0. The minimum absolute atomic E-state index is 0.0230. The van der Waals surface area contributed by atoms with E-state index in [0.29, 0.717) is 18.8 Å². The lowest BCUT2D eigenvalue weighted by molar-refractivity contribution is -0.118. The van der Waals surface area contributed by atoms with E-state index in [1.807, 2.05) is 24.1 Å². The Morgan fingerprint density at radius 2 is 2.15 bits per heavy atom. The molecule has 1 aromatic heterocycles. The Kier molecular flexibility index (Phi) is 4.65. The van der Waals surface area contributed by atoms with Gasteiger partial charge in [0.1, 0.15) is 5.82 Å². The second kappa shape index (κ2) is 6.45. The minimum atomic E-state index is -0.0230. The lowest BCUT2D eigenvalue weighted by Gasteiger charge is -2.23. The zero-order valence-electron chi connectivity index (χ0n) is 12.2. The van der Waals surface area contributed by atoms with Gasteiger partial charge in [-0.05, 0) is 25.0 Å². The number of hydrogen-bond donors (Lipinski definition) is 2.